The third-order valence-electron chi connectivity index (χ3n) is 7.95. The molecule has 1 aromatic carbocycles. The Balaban J connectivity index is 1.29. The van der Waals surface area contributed by atoms with Crippen LogP contribution in [0.1, 0.15) is 52.4 Å². The van der Waals surface area contributed by atoms with Crippen LogP contribution in [0, 0.1) is 5.82 Å². The molecule has 3 aliphatic rings. The molecule has 0 radical (unpaired) electrons. The minimum atomic E-state index is -0.586. The Hall–Kier alpha value is -3.33. The van der Waals surface area contributed by atoms with E-state index in [9.17, 15) is 5.11 Å². The van der Waals surface area contributed by atoms with Gasteiger partial charge in [-0.2, -0.15) is 5.10 Å². The fourth-order valence-electron chi connectivity index (χ4n) is 6.26. The lowest BCUT2D eigenvalue weighted by molar-refractivity contribution is 0.203. The highest BCUT2D eigenvalue weighted by Gasteiger charge is 2.51. The minimum Gasteiger partial charge on any atom is -0.507 e. The van der Waals surface area contributed by atoms with Gasteiger partial charge in [-0.15, -0.1) is 15.3 Å². The number of hydrogen-bond acceptors (Lipinski definition) is 8. The first kappa shape index (κ1) is 23.1. The second kappa shape index (κ2) is 8.37. The van der Waals surface area contributed by atoms with Crippen molar-refractivity contribution in [2.24, 2.45) is 0 Å². The van der Waals surface area contributed by atoms with Gasteiger partial charge in [-0.05, 0) is 82.2 Å². The Morgan fingerprint density at radius 2 is 1.75 bits per heavy atom. The molecule has 2 aromatic heterocycles. The number of rotatable bonds is 6. The summed E-state index contributed by atoms with van der Waals surface area (Å²) in [5.74, 6) is 0.337. The predicted octanol–water partition coefficient (Wildman–Crippen LogP) is 4.49. The average Bonchev–Trinajstić information content (AvgIpc) is 3.65. The minimum absolute atomic E-state index is 0.0321. The summed E-state index contributed by atoms with van der Waals surface area (Å²) in [4.78, 5) is 2.45. The number of nitrogens with zero attached hydrogens (tertiary/aromatic N) is 5. The van der Waals surface area contributed by atoms with E-state index in [0.717, 1.165) is 31.5 Å². The molecule has 0 spiro atoms. The molecule has 2 bridgehead atoms. The Morgan fingerprint density at radius 1 is 1.00 bits per heavy atom. The van der Waals surface area contributed by atoms with Gasteiger partial charge in [0.2, 0.25) is 5.88 Å². The van der Waals surface area contributed by atoms with Crippen molar-refractivity contribution >= 4 is 5.82 Å². The first-order valence-corrected chi connectivity index (χ1v) is 12.6. The zero-order chi connectivity index (χ0) is 25.1. The molecule has 6 rings (SSSR count). The van der Waals surface area contributed by atoms with Gasteiger partial charge in [0.25, 0.3) is 0 Å². The summed E-state index contributed by atoms with van der Waals surface area (Å²) in [5, 5.41) is 31.2. The van der Waals surface area contributed by atoms with Crippen LogP contribution in [0.25, 0.3) is 22.4 Å². The number of piperidine rings is 1. The molecule has 36 heavy (non-hydrogen) atoms. The first-order chi connectivity index (χ1) is 17.3. The zero-order valence-electron chi connectivity index (χ0n) is 20.8. The molecule has 2 aliphatic heterocycles. The van der Waals surface area contributed by atoms with Crippen molar-refractivity contribution in [3.63, 3.8) is 0 Å². The largest absolute Gasteiger partial charge is 0.507 e. The lowest BCUT2D eigenvalue weighted by Gasteiger charge is -2.46. The molecule has 3 fully saturated rings. The molecule has 0 unspecified atom stereocenters. The van der Waals surface area contributed by atoms with Crippen LogP contribution < -0.4 is 15.0 Å². The SMILES string of the molecule is COc1cc(-c2cc(O)c(-c3ccc(N(C4CC4)[C@H]4C[C@]5(C)CC[C@](C)(C4)N5)nn3)c(F)c2)cnn1. The maximum Gasteiger partial charge on any atom is 0.233 e. The van der Waals surface area contributed by atoms with Gasteiger partial charge in [0.15, 0.2) is 5.82 Å². The maximum absolute atomic E-state index is 15.2. The van der Waals surface area contributed by atoms with Crippen LogP contribution in [0.15, 0.2) is 36.5 Å². The molecular weight excluding hydrogens is 459 g/mol. The average molecular weight is 491 g/mol. The summed E-state index contributed by atoms with van der Waals surface area (Å²) in [6, 6.07) is 9.03. The lowest BCUT2D eigenvalue weighted by atomic mass is 9.84. The van der Waals surface area contributed by atoms with E-state index in [1.807, 2.05) is 6.07 Å². The molecule has 2 saturated heterocycles. The van der Waals surface area contributed by atoms with Crippen LogP contribution in [-0.4, -0.2) is 55.8 Å². The highest BCUT2D eigenvalue weighted by Crippen LogP contribution is 2.46. The van der Waals surface area contributed by atoms with Crippen molar-refractivity contribution in [1.29, 1.82) is 0 Å². The summed E-state index contributed by atoms with van der Waals surface area (Å²) in [6.45, 7) is 4.66. The van der Waals surface area contributed by atoms with E-state index in [1.165, 1.54) is 38.3 Å². The summed E-state index contributed by atoms with van der Waals surface area (Å²) in [7, 11) is 1.48. The maximum atomic E-state index is 15.2. The fraction of sp³-hybridized carbons (Fsp3) is 0.481. The fourth-order valence-corrected chi connectivity index (χ4v) is 6.26. The molecule has 3 atom stereocenters. The van der Waals surface area contributed by atoms with Gasteiger partial charge in [0.1, 0.15) is 11.6 Å². The number of methoxy groups -OCH3 is 1. The number of halogens is 1. The highest BCUT2D eigenvalue weighted by atomic mass is 19.1. The van der Waals surface area contributed by atoms with E-state index in [0.29, 0.717) is 34.8 Å². The summed E-state index contributed by atoms with van der Waals surface area (Å²) < 4.78 is 20.3. The summed E-state index contributed by atoms with van der Waals surface area (Å²) in [5.41, 5.74) is 1.69. The Labute approximate surface area is 209 Å². The molecule has 0 amide bonds. The third kappa shape index (κ3) is 4.15. The van der Waals surface area contributed by atoms with E-state index >= 15 is 4.39 Å². The Morgan fingerprint density at radius 3 is 2.36 bits per heavy atom. The molecule has 188 valence electrons. The normalized spacial score (nSPS) is 27.2. The van der Waals surface area contributed by atoms with E-state index in [1.54, 1.807) is 12.1 Å². The molecule has 9 heteroatoms. The molecule has 1 aliphatic carbocycles. The third-order valence-corrected chi connectivity index (χ3v) is 7.95. The standard InChI is InChI=1S/C27H31FN6O2/c1-26-8-9-27(2,33-26)14-19(13-26)34(18-4-5-18)23-7-6-21(30-31-23)25-20(28)10-16(11-22(25)35)17-12-24(36-3)32-29-15-17/h6-7,10-12,15,18-19,33,35H,4-5,8-9,13-14H2,1-3H3/t19-,26-,27+. The second-order valence-corrected chi connectivity index (χ2v) is 11.1. The monoisotopic (exact) mass is 490 g/mol. The van der Waals surface area contributed by atoms with E-state index in [4.69, 9.17) is 4.74 Å². The van der Waals surface area contributed by atoms with Crippen molar-refractivity contribution in [1.82, 2.24) is 25.7 Å². The number of aromatic hydroxyl groups is 1. The number of nitrogens with one attached hydrogen (secondary N) is 1. The number of benzene rings is 1. The number of phenolic OH excluding ortho intramolecular Hbond substituents is 1. The Kier molecular flexibility index (Phi) is 5.37. The predicted molar refractivity (Wildman–Crippen MR) is 134 cm³/mol. The molecular formula is C27H31FN6O2. The topological polar surface area (TPSA) is 96.3 Å². The number of anilines is 1. The lowest BCUT2D eigenvalue weighted by Crippen LogP contribution is -2.59. The number of hydrogen-bond donors (Lipinski definition) is 2. The van der Waals surface area contributed by atoms with Crippen molar-refractivity contribution in [3.05, 3.63) is 42.3 Å². The van der Waals surface area contributed by atoms with Gasteiger partial charge in [-0.25, -0.2) is 4.39 Å². The van der Waals surface area contributed by atoms with Crippen LogP contribution in [0.2, 0.25) is 0 Å². The number of fused-ring (bicyclic) bond motifs is 2. The second-order valence-electron chi connectivity index (χ2n) is 11.1. The van der Waals surface area contributed by atoms with E-state index in [-0.39, 0.29) is 22.4 Å². The van der Waals surface area contributed by atoms with Gasteiger partial charge >= 0.3 is 0 Å². The zero-order valence-corrected chi connectivity index (χ0v) is 20.8. The molecule has 8 nitrogen and oxygen atoms in total. The van der Waals surface area contributed by atoms with E-state index < -0.39 is 5.82 Å². The quantitative estimate of drug-likeness (QED) is 0.522. The van der Waals surface area contributed by atoms with Crippen molar-refractivity contribution in [2.45, 2.75) is 75.5 Å². The van der Waals surface area contributed by atoms with Crippen LogP contribution in [0.5, 0.6) is 11.6 Å². The number of aromatic nitrogens is 4. The highest BCUT2D eigenvalue weighted by molar-refractivity contribution is 5.75. The smallest absolute Gasteiger partial charge is 0.233 e. The van der Waals surface area contributed by atoms with Crippen LogP contribution in [0.3, 0.4) is 0 Å². The van der Waals surface area contributed by atoms with Crippen LogP contribution >= 0.6 is 0 Å². The number of ether oxygens (including phenoxy) is 1. The number of phenols is 1. The molecule has 4 heterocycles. The van der Waals surface area contributed by atoms with E-state index in [2.05, 4.69) is 44.5 Å². The van der Waals surface area contributed by atoms with Gasteiger partial charge in [-0.3, -0.25) is 0 Å². The van der Waals surface area contributed by atoms with Gasteiger partial charge in [0.05, 0.1) is 24.6 Å². The first-order valence-electron chi connectivity index (χ1n) is 12.6. The van der Waals surface area contributed by atoms with Gasteiger partial charge < -0.3 is 20.1 Å². The van der Waals surface area contributed by atoms with Crippen LogP contribution in [0.4, 0.5) is 10.2 Å². The van der Waals surface area contributed by atoms with Crippen molar-refractivity contribution in [2.75, 3.05) is 12.0 Å². The van der Waals surface area contributed by atoms with Gasteiger partial charge in [-0.1, -0.05) is 0 Å². The summed E-state index contributed by atoms with van der Waals surface area (Å²) in [6.07, 6.45) is 8.35. The van der Waals surface area contributed by atoms with Crippen molar-refractivity contribution in [3.8, 4) is 34.0 Å². The Bertz CT molecular complexity index is 1260. The molecule has 1 saturated carbocycles. The molecule has 2 N–H and O–H groups in total. The van der Waals surface area contributed by atoms with Crippen LogP contribution in [-0.2, 0) is 0 Å². The van der Waals surface area contributed by atoms with Crippen molar-refractivity contribution < 1.29 is 14.2 Å². The molecule has 3 aromatic rings. The summed E-state index contributed by atoms with van der Waals surface area (Å²) >= 11 is 0. The van der Waals surface area contributed by atoms with Gasteiger partial charge in [0, 0.05) is 34.8 Å².